The Hall–Kier alpha value is -1.59. The zero-order chi connectivity index (χ0) is 11.1. The lowest BCUT2D eigenvalue weighted by molar-refractivity contribution is -0.141. The molecule has 0 fully saturated rings. The minimum atomic E-state index is -1.14. The fourth-order valence-electron chi connectivity index (χ4n) is 0.903. The average molecular weight is 202 g/mol. The quantitative estimate of drug-likeness (QED) is 0.538. The summed E-state index contributed by atoms with van der Waals surface area (Å²) in [5.74, 6) is -1.81. The second kappa shape index (κ2) is 5.95. The van der Waals surface area contributed by atoms with E-state index < -0.39 is 17.9 Å². The van der Waals surface area contributed by atoms with Gasteiger partial charge < -0.3 is 15.7 Å². The third-order valence-corrected chi connectivity index (χ3v) is 1.61. The van der Waals surface area contributed by atoms with Crippen molar-refractivity contribution in [2.45, 2.75) is 25.8 Å². The Kier molecular flexibility index (Phi) is 5.28. The molecule has 14 heavy (non-hydrogen) atoms. The monoisotopic (exact) mass is 202 g/mol. The SMILES string of the molecule is CNC(=O)CCC(NC(C)=O)C(=O)O. The molecule has 0 aliphatic heterocycles. The Morgan fingerprint density at radius 1 is 1.36 bits per heavy atom. The van der Waals surface area contributed by atoms with E-state index in [1.165, 1.54) is 14.0 Å². The largest absolute Gasteiger partial charge is 0.480 e. The van der Waals surface area contributed by atoms with Crippen LogP contribution in [-0.4, -0.2) is 36.0 Å². The summed E-state index contributed by atoms with van der Waals surface area (Å²) in [6.07, 6.45) is 0.169. The predicted molar refractivity (Wildman–Crippen MR) is 48.5 cm³/mol. The molecule has 2 amide bonds. The first-order valence-corrected chi connectivity index (χ1v) is 4.18. The van der Waals surface area contributed by atoms with Crippen LogP contribution in [0.25, 0.3) is 0 Å². The van der Waals surface area contributed by atoms with Crippen molar-refractivity contribution in [1.29, 1.82) is 0 Å². The highest BCUT2D eigenvalue weighted by molar-refractivity contribution is 5.83. The second-order valence-electron chi connectivity index (χ2n) is 2.80. The van der Waals surface area contributed by atoms with Crippen molar-refractivity contribution in [3.63, 3.8) is 0 Å². The summed E-state index contributed by atoms with van der Waals surface area (Å²) < 4.78 is 0. The van der Waals surface area contributed by atoms with Crippen molar-refractivity contribution in [1.82, 2.24) is 10.6 Å². The maximum Gasteiger partial charge on any atom is 0.326 e. The maximum atomic E-state index is 10.8. The first-order valence-electron chi connectivity index (χ1n) is 4.18. The van der Waals surface area contributed by atoms with E-state index >= 15 is 0 Å². The van der Waals surface area contributed by atoms with Gasteiger partial charge in [0.05, 0.1) is 0 Å². The van der Waals surface area contributed by atoms with Gasteiger partial charge in [-0.15, -0.1) is 0 Å². The summed E-state index contributed by atoms with van der Waals surface area (Å²) in [4.78, 5) is 32.0. The van der Waals surface area contributed by atoms with Gasteiger partial charge in [0.15, 0.2) is 0 Å². The number of rotatable bonds is 5. The number of carbonyl (C=O) groups is 3. The lowest BCUT2D eigenvalue weighted by Gasteiger charge is -2.11. The number of amides is 2. The Bertz CT molecular complexity index is 239. The highest BCUT2D eigenvalue weighted by atomic mass is 16.4. The number of aliphatic carboxylic acids is 1. The van der Waals surface area contributed by atoms with Gasteiger partial charge in [-0.05, 0) is 6.42 Å². The van der Waals surface area contributed by atoms with Crippen LogP contribution < -0.4 is 10.6 Å². The molecule has 6 nitrogen and oxygen atoms in total. The Morgan fingerprint density at radius 2 is 1.93 bits per heavy atom. The van der Waals surface area contributed by atoms with E-state index in [9.17, 15) is 14.4 Å². The van der Waals surface area contributed by atoms with Gasteiger partial charge in [-0.3, -0.25) is 9.59 Å². The fourth-order valence-corrected chi connectivity index (χ4v) is 0.903. The summed E-state index contributed by atoms with van der Waals surface area (Å²) in [5, 5.41) is 13.3. The van der Waals surface area contributed by atoms with Gasteiger partial charge in [-0.25, -0.2) is 4.79 Å². The van der Waals surface area contributed by atoms with Gasteiger partial charge in [0.2, 0.25) is 11.8 Å². The van der Waals surface area contributed by atoms with Crippen LogP contribution in [0.4, 0.5) is 0 Å². The molecule has 1 unspecified atom stereocenters. The summed E-state index contributed by atoms with van der Waals surface area (Å²) in [7, 11) is 1.47. The molecule has 0 aromatic heterocycles. The van der Waals surface area contributed by atoms with Crippen LogP contribution in [0.5, 0.6) is 0 Å². The van der Waals surface area contributed by atoms with Crippen LogP contribution in [-0.2, 0) is 14.4 Å². The zero-order valence-electron chi connectivity index (χ0n) is 8.16. The topological polar surface area (TPSA) is 95.5 Å². The van der Waals surface area contributed by atoms with Gasteiger partial charge >= 0.3 is 5.97 Å². The van der Waals surface area contributed by atoms with E-state index in [0.29, 0.717) is 0 Å². The molecule has 1 atom stereocenters. The van der Waals surface area contributed by atoms with E-state index in [0.717, 1.165) is 0 Å². The standard InChI is InChI=1S/C8H14N2O4/c1-5(11)10-6(8(13)14)3-4-7(12)9-2/h6H,3-4H2,1-2H3,(H,9,12)(H,10,11)(H,13,14). The normalized spacial score (nSPS) is 11.6. The Labute approximate surface area is 81.7 Å². The van der Waals surface area contributed by atoms with Crippen molar-refractivity contribution < 1.29 is 19.5 Å². The van der Waals surface area contributed by atoms with Crippen LogP contribution in [0.15, 0.2) is 0 Å². The molecule has 80 valence electrons. The molecule has 0 aromatic carbocycles. The predicted octanol–water partition coefficient (Wildman–Crippen LogP) is -0.898. The van der Waals surface area contributed by atoms with Crippen molar-refractivity contribution in [3.05, 3.63) is 0 Å². The molecule has 3 N–H and O–H groups in total. The van der Waals surface area contributed by atoms with Gasteiger partial charge in [-0.1, -0.05) is 0 Å². The van der Waals surface area contributed by atoms with Gasteiger partial charge in [0.25, 0.3) is 0 Å². The summed E-state index contributed by atoms with van der Waals surface area (Å²) in [6, 6.07) is -0.996. The van der Waals surface area contributed by atoms with Crippen LogP contribution in [0.2, 0.25) is 0 Å². The lowest BCUT2D eigenvalue weighted by Crippen LogP contribution is -2.40. The maximum absolute atomic E-state index is 10.8. The summed E-state index contributed by atoms with van der Waals surface area (Å²) in [6.45, 7) is 1.23. The summed E-state index contributed by atoms with van der Waals surface area (Å²) in [5.41, 5.74) is 0. The number of nitrogens with one attached hydrogen (secondary N) is 2. The third kappa shape index (κ3) is 5.13. The molecule has 0 aromatic rings. The smallest absolute Gasteiger partial charge is 0.326 e. The molecule has 0 heterocycles. The van der Waals surface area contributed by atoms with Crippen LogP contribution in [0, 0.1) is 0 Å². The first kappa shape index (κ1) is 12.4. The number of hydrogen-bond acceptors (Lipinski definition) is 3. The lowest BCUT2D eigenvalue weighted by atomic mass is 10.1. The molecule has 0 rings (SSSR count). The van der Waals surface area contributed by atoms with Crippen LogP contribution >= 0.6 is 0 Å². The zero-order valence-corrected chi connectivity index (χ0v) is 8.16. The fraction of sp³-hybridized carbons (Fsp3) is 0.625. The van der Waals surface area contributed by atoms with Crippen molar-refractivity contribution in [2.75, 3.05) is 7.05 Å². The number of carbonyl (C=O) groups excluding carboxylic acids is 2. The van der Waals surface area contributed by atoms with Gasteiger partial charge in [-0.2, -0.15) is 0 Å². The van der Waals surface area contributed by atoms with E-state index in [1.807, 2.05) is 0 Å². The summed E-state index contributed by atoms with van der Waals surface area (Å²) >= 11 is 0. The Morgan fingerprint density at radius 3 is 2.29 bits per heavy atom. The van der Waals surface area contributed by atoms with E-state index in [-0.39, 0.29) is 18.7 Å². The van der Waals surface area contributed by atoms with Crippen molar-refractivity contribution in [2.24, 2.45) is 0 Å². The van der Waals surface area contributed by atoms with E-state index in [4.69, 9.17) is 5.11 Å². The minimum absolute atomic E-state index is 0.0771. The highest BCUT2D eigenvalue weighted by Gasteiger charge is 2.18. The third-order valence-electron chi connectivity index (χ3n) is 1.61. The number of carboxylic acid groups (broad SMARTS) is 1. The molecule has 0 saturated carbocycles. The van der Waals surface area contributed by atoms with Crippen LogP contribution in [0.1, 0.15) is 19.8 Å². The molecule has 0 saturated heterocycles. The number of carboxylic acids is 1. The van der Waals surface area contributed by atoms with Crippen molar-refractivity contribution in [3.8, 4) is 0 Å². The minimum Gasteiger partial charge on any atom is -0.480 e. The molecule has 0 aliphatic rings. The Balaban J connectivity index is 4.04. The van der Waals surface area contributed by atoms with Crippen molar-refractivity contribution >= 4 is 17.8 Å². The van der Waals surface area contributed by atoms with Gasteiger partial charge in [0, 0.05) is 20.4 Å². The number of hydrogen-bond donors (Lipinski definition) is 3. The average Bonchev–Trinajstić information content (AvgIpc) is 2.10. The van der Waals surface area contributed by atoms with E-state index in [1.54, 1.807) is 0 Å². The second-order valence-corrected chi connectivity index (χ2v) is 2.80. The molecule has 0 spiro atoms. The molecular weight excluding hydrogens is 188 g/mol. The molecule has 0 bridgehead atoms. The van der Waals surface area contributed by atoms with E-state index in [2.05, 4.69) is 10.6 Å². The van der Waals surface area contributed by atoms with Crippen LogP contribution in [0.3, 0.4) is 0 Å². The first-order chi connectivity index (χ1) is 6.47. The van der Waals surface area contributed by atoms with Gasteiger partial charge in [0.1, 0.15) is 6.04 Å². The molecular formula is C8H14N2O4. The molecule has 6 heteroatoms. The highest BCUT2D eigenvalue weighted by Crippen LogP contribution is 1.97. The molecule has 0 radical (unpaired) electrons. The molecule has 0 aliphatic carbocycles.